The van der Waals surface area contributed by atoms with Crippen molar-refractivity contribution in [2.75, 3.05) is 0 Å². The molecule has 0 aromatic rings. The fraction of sp³-hybridized carbons (Fsp3) is 0. The summed E-state index contributed by atoms with van der Waals surface area (Å²) in [6.45, 7) is 0. The Kier molecular flexibility index (Phi) is 1.81. The Morgan fingerprint density at radius 1 is 2.50 bits per heavy atom. The van der Waals surface area contributed by atoms with Gasteiger partial charge in [0.1, 0.15) is 0 Å². The molecule has 0 radical (unpaired) electrons. The maximum atomic E-state index is 6.89. The first-order valence-electron chi connectivity index (χ1n) is 2.33. The molecule has 0 fully saturated rings. The molecular formula is H4I2P2. The molecule has 0 aromatic heterocycles. The molecule has 0 spiro atoms. The second-order valence-corrected chi connectivity index (χ2v) is 17.8. The summed E-state index contributed by atoms with van der Waals surface area (Å²) in [5.41, 5.74) is 0. The van der Waals surface area contributed by atoms with E-state index < -0.39 is 11.6 Å². The van der Waals surface area contributed by atoms with E-state index in [2.05, 4.69) is 0 Å². The molecule has 0 nitrogen and oxygen atoms in total. The van der Waals surface area contributed by atoms with Gasteiger partial charge in [0.15, 0.2) is 0 Å². The molecule has 0 aliphatic rings. The summed E-state index contributed by atoms with van der Waals surface area (Å²) in [4.78, 5) is 0. The van der Waals surface area contributed by atoms with Crippen LogP contribution in [0.1, 0.15) is 0 Å². The number of hydrogen-bond acceptors (Lipinski definition) is 0. The topological polar surface area (TPSA) is 0 Å². The van der Waals surface area contributed by atoms with E-state index in [-0.39, 0.29) is 0 Å². The normalized spacial score (nSPS) is 37.2. The van der Waals surface area contributed by atoms with Gasteiger partial charge >= 0.3 is 60.8 Å². The molecule has 4 heteroatoms. The van der Waals surface area contributed by atoms with Crippen LogP contribution in [0.3, 0.4) is 0 Å². The first-order valence-corrected chi connectivity index (χ1v) is 8.60. The molecule has 0 saturated carbocycles. The van der Waals surface area contributed by atoms with Crippen LogP contribution in [0.25, 0.3) is 0 Å². The van der Waals surface area contributed by atoms with Gasteiger partial charge in [0.2, 0.25) is 0 Å². The zero-order valence-corrected chi connectivity index (χ0v) is 7.75. The third-order valence-corrected chi connectivity index (χ3v) is 0. The van der Waals surface area contributed by atoms with Crippen molar-refractivity contribution in [3.05, 3.63) is 0 Å². The summed E-state index contributed by atoms with van der Waals surface area (Å²) in [5.74, 6) is 0. The van der Waals surface area contributed by atoms with Crippen LogP contribution >= 0.6 is 55.7 Å². The summed E-state index contributed by atoms with van der Waals surface area (Å²) < 4.78 is 26.5. The molecule has 0 N–H and O–H groups in total. The van der Waals surface area contributed by atoms with Crippen LogP contribution in [-0.2, 0) is 0 Å². The molecule has 0 aliphatic carbocycles. The molecule has 4 heavy (non-hydrogen) atoms. The van der Waals surface area contributed by atoms with E-state index in [1.807, 2.05) is 44.1 Å². The molecule has 0 aliphatic heterocycles. The van der Waals surface area contributed by atoms with Gasteiger partial charge in [-0.2, -0.15) is 0 Å². The van der Waals surface area contributed by atoms with E-state index >= 15 is 0 Å². The van der Waals surface area contributed by atoms with E-state index in [0.717, 1.165) is 0 Å². The second kappa shape index (κ2) is 3.51. The van der Waals surface area contributed by atoms with Gasteiger partial charge in [-0.15, -0.1) is 0 Å². The van der Waals surface area contributed by atoms with Gasteiger partial charge in [-0.05, 0) is 0 Å². The van der Waals surface area contributed by atoms with Gasteiger partial charge in [0.25, 0.3) is 0 Å². The summed E-state index contributed by atoms with van der Waals surface area (Å²) in [5, 5.41) is 0. The van der Waals surface area contributed by atoms with Crippen LogP contribution in [0.5, 0.6) is 0 Å². The van der Waals surface area contributed by atoms with E-state index in [4.69, 9.17) is 5.11 Å². The average molecular weight is 327 g/mol. The molecule has 0 amide bonds. The molecule has 0 heterocycles. The van der Waals surface area contributed by atoms with Gasteiger partial charge in [0, 0.05) is 0 Å². The predicted octanol–water partition coefficient (Wildman–Crippen LogP) is 2.42. The first kappa shape index (κ1) is 2.06. The molecule has 0 bridgehead atoms. The standard InChI is InChI=1S/H4I2P2/c1-4(2)3/h3H4/i3T3D. The van der Waals surface area contributed by atoms with Crippen molar-refractivity contribution in [1.82, 2.24) is 0 Å². The van der Waals surface area contributed by atoms with Crippen LogP contribution in [-0.4, -0.2) is 5.11 Å². The van der Waals surface area contributed by atoms with Gasteiger partial charge < -0.3 is 0 Å². The van der Waals surface area contributed by atoms with E-state index in [1.54, 1.807) is 0 Å². The van der Waals surface area contributed by atoms with Crippen LogP contribution in [0.4, 0.5) is 0 Å². The number of hydrogen-bond donors (Lipinski definition) is 0. The molecule has 28 valence electrons. The third-order valence-electron chi connectivity index (χ3n) is 0. The number of rotatable bonds is 1. The van der Waals surface area contributed by atoms with Crippen molar-refractivity contribution in [2.24, 2.45) is 0 Å². The molecule has 0 atom stereocenters. The van der Waals surface area contributed by atoms with Crippen molar-refractivity contribution in [3.8, 4) is 0 Å². The number of halogens is 2. The van der Waals surface area contributed by atoms with Crippen LogP contribution in [0.15, 0.2) is 0 Å². The Hall–Kier alpha value is 2.32. The van der Waals surface area contributed by atoms with Crippen LogP contribution < -0.4 is 0 Å². The molecule has 0 rings (SSSR count). The molecular weight excluding hydrogens is 316 g/mol. The van der Waals surface area contributed by atoms with Crippen molar-refractivity contribution in [1.29, 1.82) is 5.11 Å². The van der Waals surface area contributed by atoms with Crippen molar-refractivity contribution >= 4 is 55.7 Å². The minimum absolute atomic E-state index is 1.09. The summed E-state index contributed by atoms with van der Waals surface area (Å²) in [7, 11) is -4.15. The van der Waals surface area contributed by atoms with E-state index in [9.17, 15) is 0 Å². The Balaban J connectivity index is 4.14. The Morgan fingerprint density at radius 3 is 2.75 bits per heavy atom. The Bertz CT molecular complexity index is 82.7. The monoisotopic (exact) mass is 327 g/mol. The molecule has 0 aromatic carbocycles. The molecule has 0 saturated heterocycles. The quantitative estimate of drug-likeness (QED) is 0.513. The van der Waals surface area contributed by atoms with Gasteiger partial charge in [-0.25, -0.2) is 0 Å². The summed E-state index contributed by atoms with van der Waals surface area (Å²) >= 11 is 3.65. The first-order chi connectivity index (χ1) is 3.20. The summed E-state index contributed by atoms with van der Waals surface area (Å²) in [6.07, 6.45) is 0. The third kappa shape index (κ3) is 8.85. The fourth-order valence-corrected chi connectivity index (χ4v) is 0. The van der Waals surface area contributed by atoms with Crippen molar-refractivity contribution in [3.63, 3.8) is 0 Å². The van der Waals surface area contributed by atoms with E-state index in [0.29, 0.717) is 0 Å². The Labute approximate surface area is 60.4 Å². The van der Waals surface area contributed by atoms with Gasteiger partial charge in [-0.1, -0.05) is 0 Å². The van der Waals surface area contributed by atoms with Crippen molar-refractivity contribution < 1.29 is 0 Å². The Morgan fingerprint density at radius 2 is 2.75 bits per heavy atom. The van der Waals surface area contributed by atoms with Crippen LogP contribution in [0, 0.1) is 0 Å². The van der Waals surface area contributed by atoms with Crippen molar-refractivity contribution in [2.45, 2.75) is 0 Å². The minimum atomic E-state index is -4.15. The zero-order valence-electron chi connectivity index (χ0n) is 5.65. The second-order valence-electron chi connectivity index (χ2n) is 0.215. The SMILES string of the molecule is [2H]P([3H])([3H])([3H])P(I)I. The van der Waals surface area contributed by atoms with E-state index in [1.165, 1.54) is 0 Å². The predicted molar refractivity (Wildman–Crippen MR) is 47.5 cm³/mol. The van der Waals surface area contributed by atoms with Gasteiger partial charge in [-0.3, -0.25) is 0 Å². The van der Waals surface area contributed by atoms with Crippen LogP contribution in [0.2, 0.25) is 0 Å². The zero-order chi connectivity index (χ0) is 7.02. The molecule has 0 unspecified atom stereocenters. The average Bonchev–Trinajstić information content (AvgIpc) is 1.27. The summed E-state index contributed by atoms with van der Waals surface area (Å²) in [6, 6.07) is 0. The maximum absolute atomic E-state index is 6.89. The van der Waals surface area contributed by atoms with Gasteiger partial charge in [0.05, 0.1) is 0 Å². The fourth-order valence-electron chi connectivity index (χ4n) is 0.